The van der Waals surface area contributed by atoms with Gasteiger partial charge in [0.15, 0.2) is 0 Å². The van der Waals surface area contributed by atoms with Crippen molar-refractivity contribution in [1.82, 2.24) is 4.57 Å². The maximum atomic E-state index is 13.1. The number of allylic oxidation sites excluding steroid dienone is 1. The molecule has 4 nitrogen and oxygen atoms in total. The molecule has 2 aromatic carbocycles. The SMILES string of the molecule is CC=Cc1cccc2c1cc(C)n2C(=O)c1ccc(OCCOCC)cc1. The molecule has 0 bridgehead atoms. The van der Waals surface area contributed by atoms with Crippen LogP contribution < -0.4 is 4.74 Å². The van der Waals surface area contributed by atoms with Gasteiger partial charge in [0.05, 0.1) is 12.1 Å². The van der Waals surface area contributed by atoms with E-state index in [4.69, 9.17) is 9.47 Å². The van der Waals surface area contributed by atoms with Gasteiger partial charge in [-0.15, -0.1) is 0 Å². The zero-order valence-electron chi connectivity index (χ0n) is 16.1. The van der Waals surface area contributed by atoms with Crippen molar-refractivity contribution in [2.45, 2.75) is 20.8 Å². The van der Waals surface area contributed by atoms with Gasteiger partial charge in [-0.3, -0.25) is 9.36 Å². The van der Waals surface area contributed by atoms with Crippen LogP contribution in [0, 0.1) is 6.92 Å². The lowest BCUT2D eigenvalue weighted by Crippen LogP contribution is -2.13. The zero-order valence-corrected chi connectivity index (χ0v) is 16.1. The lowest BCUT2D eigenvalue weighted by molar-refractivity contribution is 0.0962. The highest BCUT2D eigenvalue weighted by molar-refractivity contribution is 6.04. The molecule has 0 spiro atoms. The molecule has 0 N–H and O–H groups in total. The molecule has 3 rings (SSSR count). The quantitative estimate of drug-likeness (QED) is 0.549. The highest BCUT2D eigenvalue weighted by Crippen LogP contribution is 2.25. The van der Waals surface area contributed by atoms with Crippen LogP contribution in [-0.4, -0.2) is 30.3 Å². The number of nitrogens with zero attached hydrogens (tertiary/aromatic N) is 1. The van der Waals surface area contributed by atoms with Crippen molar-refractivity contribution in [3.05, 3.63) is 71.4 Å². The standard InChI is InChI=1S/C23H25NO3/c1-4-7-18-8-6-9-22-21(18)16-17(3)24(22)23(25)19-10-12-20(13-11-19)27-15-14-26-5-2/h4,6-13,16H,5,14-15H2,1-3H3. The van der Waals surface area contributed by atoms with Crippen LogP contribution in [0.2, 0.25) is 0 Å². The number of hydrogen-bond acceptors (Lipinski definition) is 3. The summed E-state index contributed by atoms with van der Waals surface area (Å²) in [5, 5.41) is 1.08. The molecule has 1 aromatic heterocycles. The third kappa shape index (κ3) is 4.12. The number of aromatic nitrogens is 1. The topological polar surface area (TPSA) is 40.5 Å². The number of benzene rings is 2. The minimum atomic E-state index is -0.0407. The van der Waals surface area contributed by atoms with E-state index < -0.39 is 0 Å². The molecular formula is C23H25NO3. The second-order valence-corrected chi connectivity index (χ2v) is 6.28. The molecule has 140 valence electrons. The summed E-state index contributed by atoms with van der Waals surface area (Å²) in [6.45, 7) is 7.64. The molecule has 0 amide bonds. The lowest BCUT2D eigenvalue weighted by Gasteiger charge is -2.09. The van der Waals surface area contributed by atoms with Gasteiger partial charge in [0.1, 0.15) is 12.4 Å². The molecule has 0 aliphatic carbocycles. The number of ether oxygens (including phenoxy) is 2. The van der Waals surface area contributed by atoms with Gasteiger partial charge >= 0.3 is 0 Å². The summed E-state index contributed by atoms with van der Waals surface area (Å²) in [6, 6.07) is 15.4. The van der Waals surface area contributed by atoms with Crippen LogP contribution in [0.25, 0.3) is 17.0 Å². The minimum absolute atomic E-state index is 0.0407. The smallest absolute Gasteiger partial charge is 0.262 e. The summed E-state index contributed by atoms with van der Waals surface area (Å²) in [5.74, 6) is 0.691. The van der Waals surface area contributed by atoms with Crippen molar-refractivity contribution in [3.63, 3.8) is 0 Å². The highest BCUT2D eigenvalue weighted by Gasteiger charge is 2.16. The summed E-state index contributed by atoms with van der Waals surface area (Å²) in [6.07, 6.45) is 4.07. The fourth-order valence-electron chi connectivity index (χ4n) is 3.17. The normalized spacial score (nSPS) is 11.4. The first kappa shape index (κ1) is 18.9. The molecular weight excluding hydrogens is 338 g/mol. The van der Waals surface area contributed by atoms with E-state index in [9.17, 15) is 4.79 Å². The van der Waals surface area contributed by atoms with Gasteiger partial charge < -0.3 is 9.47 Å². The van der Waals surface area contributed by atoms with Crippen LogP contribution in [0.4, 0.5) is 0 Å². The minimum Gasteiger partial charge on any atom is -0.491 e. The Hall–Kier alpha value is -2.85. The van der Waals surface area contributed by atoms with Gasteiger partial charge in [-0.2, -0.15) is 0 Å². The van der Waals surface area contributed by atoms with Crippen molar-refractivity contribution in [3.8, 4) is 5.75 Å². The Kier molecular flexibility index (Phi) is 6.09. The molecule has 0 saturated carbocycles. The number of carbonyl (C=O) groups excluding carboxylic acids is 1. The summed E-state index contributed by atoms with van der Waals surface area (Å²) in [4.78, 5) is 13.1. The van der Waals surface area contributed by atoms with E-state index >= 15 is 0 Å². The Morgan fingerprint density at radius 3 is 2.59 bits per heavy atom. The van der Waals surface area contributed by atoms with Gasteiger partial charge in [0.25, 0.3) is 5.91 Å². The van der Waals surface area contributed by atoms with Crippen LogP contribution in [-0.2, 0) is 4.74 Å². The lowest BCUT2D eigenvalue weighted by atomic mass is 10.1. The van der Waals surface area contributed by atoms with E-state index in [0.29, 0.717) is 25.4 Å². The Bertz CT molecular complexity index is 952. The molecule has 3 aromatic rings. The van der Waals surface area contributed by atoms with Crippen molar-refractivity contribution in [2.75, 3.05) is 19.8 Å². The van der Waals surface area contributed by atoms with Crippen LogP contribution in [0.1, 0.15) is 35.5 Å². The van der Waals surface area contributed by atoms with Crippen molar-refractivity contribution in [2.24, 2.45) is 0 Å². The fourth-order valence-corrected chi connectivity index (χ4v) is 3.17. The van der Waals surface area contributed by atoms with E-state index in [-0.39, 0.29) is 5.91 Å². The second kappa shape index (κ2) is 8.69. The largest absolute Gasteiger partial charge is 0.491 e. The van der Waals surface area contributed by atoms with Crippen LogP contribution in [0.3, 0.4) is 0 Å². The number of rotatable bonds is 7. The maximum Gasteiger partial charge on any atom is 0.262 e. The number of hydrogen-bond donors (Lipinski definition) is 0. The van der Waals surface area contributed by atoms with Crippen LogP contribution in [0.5, 0.6) is 5.75 Å². The van der Waals surface area contributed by atoms with Gasteiger partial charge in [0, 0.05) is 23.3 Å². The Morgan fingerprint density at radius 2 is 1.89 bits per heavy atom. The Balaban J connectivity index is 1.86. The first-order valence-corrected chi connectivity index (χ1v) is 9.24. The number of fused-ring (bicyclic) bond motifs is 1. The first-order chi connectivity index (χ1) is 13.2. The molecule has 0 radical (unpaired) electrons. The third-order valence-corrected chi connectivity index (χ3v) is 4.41. The van der Waals surface area contributed by atoms with Crippen molar-refractivity contribution >= 4 is 22.9 Å². The van der Waals surface area contributed by atoms with E-state index in [1.54, 1.807) is 16.7 Å². The molecule has 0 atom stereocenters. The van der Waals surface area contributed by atoms with Gasteiger partial charge in [0.2, 0.25) is 0 Å². The molecule has 27 heavy (non-hydrogen) atoms. The van der Waals surface area contributed by atoms with E-state index in [0.717, 1.165) is 27.9 Å². The average molecular weight is 363 g/mol. The molecule has 0 saturated heterocycles. The van der Waals surface area contributed by atoms with Crippen LogP contribution >= 0.6 is 0 Å². The molecule has 1 heterocycles. The summed E-state index contributed by atoms with van der Waals surface area (Å²) in [5.41, 5.74) is 3.58. The zero-order chi connectivity index (χ0) is 19.2. The number of carbonyl (C=O) groups is 1. The van der Waals surface area contributed by atoms with Crippen molar-refractivity contribution < 1.29 is 14.3 Å². The van der Waals surface area contributed by atoms with Crippen molar-refractivity contribution in [1.29, 1.82) is 0 Å². The average Bonchev–Trinajstić information content (AvgIpc) is 3.02. The summed E-state index contributed by atoms with van der Waals surface area (Å²) in [7, 11) is 0. The predicted octanol–water partition coefficient (Wildman–Crippen LogP) is 5.09. The molecule has 0 aliphatic heterocycles. The monoisotopic (exact) mass is 363 g/mol. The predicted molar refractivity (Wildman–Crippen MR) is 110 cm³/mol. The molecule has 0 unspecified atom stereocenters. The van der Waals surface area contributed by atoms with Gasteiger partial charge in [-0.1, -0.05) is 24.3 Å². The van der Waals surface area contributed by atoms with Gasteiger partial charge in [-0.25, -0.2) is 0 Å². The van der Waals surface area contributed by atoms with E-state index in [2.05, 4.69) is 18.2 Å². The summed E-state index contributed by atoms with van der Waals surface area (Å²) >= 11 is 0. The van der Waals surface area contributed by atoms with E-state index in [1.165, 1.54) is 0 Å². The molecule has 0 fully saturated rings. The molecule has 4 heteroatoms. The van der Waals surface area contributed by atoms with Crippen LogP contribution in [0.15, 0.2) is 54.6 Å². The summed E-state index contributed by atoms with van der Waals surface area (Å²) < 4.78 is 12.7. The fraction of sp³-hybridized carbons (Fsp3) is 0.261. The molecule has 0 aliphatic rings. The second-order valence-electron chi connectivity index (χ2n) is 6.28. The van der Waals surface area contributed by atoms with Gasteiger partial charge in [-0.05, 0) is 62.7 Å². The number of aryl methyl sites for hydroxylation is 1. The first-order valence-electron chi connectivity index (χ1n) is 9.24. The highest BCUT2D eigenvalue weighted by atomic mass is 16.5. The van der Waals surface area contributed by atoms with E-state index in [1.807, 2.05) is 51.1 Å². The maximum absolute atomic E-state index is 13.1. The Morgan fingerprint density at radius 1 is 1.11 bits per heavy atom. The Labute approximate surface area is 160 Å². The third-order valence-electron chi connectivity index (χ3n) is 4.41.